The fourth-order valence-electron chi connectivity index (χ4n) is 4.03. The van der Waals surface area contributed by atoms with Crippen molar-refractivity contribution in [3.05, 3.63) is 40.3 Å². The lowest BCUT2D eigenvalue weighted by atomic mass is 9.44. The van der Waals surface area contributed by atoms with Crippen LogP contribution in [0.25, 0.3) is 0 Å². The van der Waals surface area contributed by atoms with E-state index < -0.39 is 5.78 Å². The number of nitrogens with one attached hydrogen (secondary N) is 2. The van der Waals surface area contributed by atoms with Crippen LogP contribution in [-0.2, 0) is 4.79 Å². The molecule has 0 atom stereocenters. The molecule has 0 unspecified atom stereocenters. The molecule has 1 amide bonds. The van der Waals surface area contributed by atoms with Crippen molar-refractivity contribution in [3.63, 3.8) is 0 Å². The highest BCUT2D eigenvalue weighted by atomic mass is 35.5. The first kappa shape index (κ1) is 15.9. The molecular weight excluding hydrogens is 342 g/mol. The minimum absolute atomic E-state index is 0.103. The summed E-state index contributed by atoms with van der Waals surface area (Å²) in [5.74, 6) is 3.95. The van der Waals surface area contributed by atoms with Crippen LogP contribution >= 0.6 is 11.6 Å². The zero-order chi connectivity index (χ0) is 17.8. The summed E-state index contributed by atoms with van der Waals surface area (Å²) in [4.78, 5) is 40.6. The van der Waals surface area contributed by atoms with Gasteiger partial charge in [-0.05, 0) is 44.2 Å². The van der Waals surface area contributed by atoms with Crippen LogP contribution in [0.3, 0.4) is 0 Å². The average Bonchev–Trinajstić information content (AvgIpc) is 2.53. The fourth-order valence-corrected chi connectivity index (χ4v) is 4.27. The van der Waals surface area contributed by atoms with Crippen molar-refractivity contribution in [2.24, 2.45) is 0 Å². The van der Waals surface area contributed by atoms with Gasteiger partial charge in [0.05, 0.1) is 5.56 Å². The fraction of sp³-hybridized carbons (Fsp3) is 0.333. The van der Waals surface area contributed by atoms with E-state index in [4.69, 9.17) is 11.6 Å². The number of aromatic nitrogens is 1. The number of carbonyl (C=O) groups is 3. The SMILES string of the molecule is CC#CC(=O)NC12CC(NC3=C(Cl)C(=O)c4cccnc4C3=O)(C1)C2. The van der Waals surface area contributed by atoms with Gasteiger partial charge in [0.2, 0.25) is 11.6 Å². The average molecular weight is 356 g/mol. The molecule has 6 nitrogen and oxygen atoms in total. The number of allylic oxidation sites excluding steroid dienone is 2. The van der Waals surface area contributed by atoms with E-state index in [1.807, 2.05) is 0 Å². The zero-order valence-electron chi connectivity index (χ0n) is 13.4. The van der Waals surface area contributed by atoms with E-state index in [2.05, 4.69) is 27.5 Å². The van der Waals surface area contributed by atoms with Gasteiger partial charge in [-0.25, -0.2) is 0 Å². The third-order valence-electron chi connectivity index (χ3n) is 4.95. The summed E-state index contributed by atoms with van der Waals surface area (Å²) in [6.45, 7) is 1.61. The highest BCUT2D eigenvalue weighted by Crippen LogP contribution is 2.61. The maximum atomic E-state index is 12.6. The van der Waals surface area contributed by atoms with Gasteiger partial charge in [-0.2, -0.15) is 0 Å². The first-order chi connectivity index (χ1) is 11.9. The highest BCUT2D eigenvalue weighted by Gasteiger charge is 2.69. The molecule has 0 radical (unpaired) electrons. The minimum atomic E-state index is -0.403. The van der Waals surface area contributed by atoms with Gasteiger partial charge in [-0.1, -0.05) is 17.5 Å². The Morgan fingerprint density at radius 2 is 1.96 bits per heavy atom. The summed E-state index contributed by atoms with van der Waals surface area (Å²) in [5, 5.41) is 5.94. The molecule has 0 aliphatic heterocycles. The Kier molecular flexibility index (Phi) is 3.28. The van der Waals surface area contributed by atoms with Crippen LogP contribution in [0.15, 0.2) is 29.1 Å². The number of pyridine rings is 1. The highest BCUT2D eigenvalue weighted by molar-refractivity contribution is 6.49. The number of carbonyl (C=O) groups excluding carboxylic acids is 3. The summed E-state index contributed by atoms with van der Waals surface area (Å²) in [6.07, 6.45) is 3.48. The molecule has 0 aromatic carbocycles. The van der Waals surface area contributed by atoms with Crippen LogP contribution in [0.1, 0.15) is 47.0 Å². The van der Waals surface area contributed by atoms with Crippen LogP contribution in [0, 0.1) is 11.8 Å². The molecule has 4 aliphatic rings. The quantitative estimate of drug-likeness (QED) is 0.798. The van der Waals surface area contributed by atoms with Crippen molar-refractivity contribution in [1.29, 1.82) is 0 Å². The number of ketones is 2. The third kappa shape index (κ3) is 2.27. The molecular formula is C18H14ClN3O3. The molecule has 1 heterocycles. The summed E-state index contributed by atoms with van der Waals surface area (Å²) in [7, 11) is 0. The molecule has 1 aromatic rings. The van der Waals surface area contributed by atoms with Gasteiger partial charge in [-0.15, -0.1) is 0 Å². The number of hydrogen-bond donors (Lipinski definition) is 2. The van der Waals surface area contributed by atoms with Crippen molar-refractivity contribution in [3.8, 4) is 11.8 Å². The lowest BCUT2D eigenvalue weighted by Gasteiger charge is -2.70. The predicted molar refractivity (Wildman–Crippen MR) is 89.8 cm³/mol. The molecule has 0 saturated heterocycles. The van der Waals surface area contributed by atoms with Crippen molar-refractivity contribution < 1.29 is 14.4 Å². The molecule has 3 fully saturated rings. The Morgan fingerprint density at radius 3 is 2.64 bits per heavy atom. The van der Waals surface area contributed by atoms with Gasteiger partial charge in [0.15, 0.2) is 0 Å². The molecule has 2 bridgehead atoms. The Hall–Kier alpha value is -2.65. The Bertz CT molecular complexity index is 919. The van der Waals surface area contributed by atoms with Crippen LogP contribution < -0.4 is 10.6 Å². The predicted octanol–water partition coefficient (Wildman–Crippen LogP) is 1.32. The number of rotatable bonds is 3. The molecule has 5 rings (SSSR count). The summed E-state index contributed by atoms with van der Waals surface area (Å²) < 4.78 is 0. The van der Waals surface area contributed by atoms with Crippen LogP contribution in [0.5, 0.6) is 0 Å². The van der Waals surface area contributed by atoms with Gasteiger partial charge >= 0.3 is 0 Å². The van der Waals surface area contributed by atoms with E-state index in [1.54, 1.807) is 19.1 Å². The zero-order valence-corrected chi connectivity index (χ0v) is 14.2. The standard InChI is InChI=1S/C18H14ClN3O3/c1-2-4-11(23)21-17-7-18(8-17,9-17)22-14-12(19)15(24)10-5-3-6-20-13(10)16(14)25/h3,5-6,22H,7-9H2,1H3,(H,21,23). The number of halogens is 1. The number of Topliss-reactive ketones (excluding diaryl/α,β-unsaturated/α-hetero) is 2. The van der Waals surface area contributed by atoms with Crippen LogP contribution in [-0.4, -0.2) is 33.5 Å². The molecule has 3 saturated carbocycles. The van der Waals surface area contributed by atoms with Gasteiger partial charge < -0.3 is 10.6 Å². The number of nitrogens with zero attached hydrogens (tertiary/aromatic N) is 1. The van der Waals surface area contributed by atoms with Crippen molar-refractivity contribution >= 4 is 29.1 Å². The second-order valence-corrected chi connectivity index (χ2v) is 7.17. The monoisotopic (exact) mass is 355 g/mol. The molecule has 25 heavy (non-hydrogen) atoms. The molecule has 2 N–H and O–H groups in total. The molecule has 126 valence electrons. The van der Waals surface area contributed by atoms with E-state index in [9.17, 15) is 14.4 Å². The first-order valence-corrected chi connectivity index (χ1v) is 8.24. The van der Waals surface area contributed by atoms with E-state index in [-0.39, 0.29) is 44.8 Å². The summed E-state index contributed by atoms with van der Waals surface area (Å²) in [6, 6.07) is 3.14. The molecule has 7 heteroatoms. The molecule has 1 aromatic heterocycles. The second-order valence-electron chi connectivity index (χ2n) is 6.79. The maximum absolute atomic E-state index is 12.6. The number of hydrogen-bond acceptors (Lipinski definition) is 5. The largest absolute Gasteiger partial charge is 0.375 e. The van der Waals surface area contributed by atoms with Crippen LogP contribution in [0.2, 0.25) is 0 Å². The number of amides is 1. The molecule has 0 spiro atoms. The smallest absolute Gasteiger partial charge is 0.296 e. The van der Waals surface area contributed by atoms with Crippen molar-refractivity contribution in [2.75, 3.05) is 0 Å². The lowest BCUT2D eigenvalue weighted by Crippen LogP contribution is -2.83. The maximum Gasteiger partial charge on any atom is 0.296 e. The first-order valence-electron chi connectivity index (χ1n) is 7.86. The Balaban J connectivity index is 1.51. The van der Waals surface area contributed by atoms with E-state index in [0.29, 0.717) is 19.3 Å². The second kappa shape index (κ2) is 5.17. The minimum Gasteiger partial charge on any atom is -0.375 e. The Morgan fingerprint density at radius 1 is 1.24 bits per heavy atom. The van der Waals surface area contributed by atoms with Gasteiger partial charge in [-0.3, -0.25) is 19.4 Å². The third-order valence-corrected chi connectivity index (χ3v) is 5.31. The molecule has 4 aliphatic carbocycles. The lowest BCUT2D eigenvalue weighted by molar-refractivity contribution is -0.134. The van der Waals surface area contributed by atoms with E-state index in [0.717, 1.165) is 0 Å². The number of fused-ring (bicyclic) bond motifs is 1. The van der Waals surface area contributed by atoms with Crippen molar-refractivity contribution in [1.82, 2.24) is 15.6 Å². The van der Waals surface area contributed by atoms with Gasteiger partial charge in [0, 0.05) is 17.3 Å². The Labute approximate surface area is 149 Å². The van der Waals surface area contributed by atoms with Gasteiger partial charge in [0.25, 0.3) is 5.91 Å². The van der Waals surface area contributed by atoms with E-state index >= 15 is 0 Å². The van der Waals surface area contributed by atoms with E-state index in [1.165, 1.54) is 6.20 Å². The van der Waals surface area contributed by atoms with Crippen molar-refractivity contribution in [2.45, 2.75) is 37.3 Å². The summed E-state index contributed by atoms with van der Waals surface area (Å²) in [5.41, 5.74) is -0.135. The van der Waals surface area contributed by atoms with Crippen LogP contribution in [0.4, 0.5) is 0 Å². The van der Waals surface area contributed by atoms with Gasteiger partial charge in [0.1, 0.15) is 16.4 Å². The topological polar surface area (TPSA) is 88.2 Å². The normalized spacial score (nSPS) is 28.9. The summed E-state index contributed by atoms with van der Waals surface area (Å²) >= 11 is 6.15.